The fourth-order valence-electron chi connectivity index (χ4n) is 3.59. The lowest BCUT2D eigenvalue weighted by Crippen LogP contribution is -2.06. The van der Waals surface area contributed by atoms with Crippen molar-refractivity contribution in [2.24, 2.45) is 0 Å². The Hall–Kier alpha value is -2.08. The number of hydrogen-bond donors (Lipinski definition) is 2. The number of ether oxygens (including phenoxy) is 3. The monoisotopic (exact) mass is 428 g/mol. The van der Waals surface area contributed by atoms with E-state index < -0.39 is 0 Å². The maximum absolute atomic E-state index is 10.3. The van der Waals surface area contributed by atoms with Gasteiger partial charge in [-0.05, 0) is 83.3 Å². The number of hydrogen-bond acceptors (Lipinski definition) is 5. The molecule has 2 N–H and O–H groups in total. The Morgan fingerprint density at radius 3 is 1.19 bits per heavy atom. The van der Waals surface area contributed by atoms with Crippen molar-refractivity contribution in [3.8, 4) is 22.6 Å². The Morgan fingerprint density at radius 2 is 0.968 bits per heavy atom. The van der Waals surface area contributed by atoms with E-state index in [9.17, 15) is 10.2 Å². The Kier molecular flexibility index (Phi) is 8.35. The van der Waals surface area contributed by atoms with Crippen LogP contribution in [0.15, 0.2) is 24.3 Å². The molecule has 5 nitrogen and oxygen atoms in total. The molecule has 2 unspecified atom stereocenters. The Labute approximate surface area is 186 Å². The molecule has 2 aliphatic heterocycles. The van der Waals surface area contributed by atoms with E-state index in [1.165, 1.54) is 0 Å². The van der Waals surface area contributed by atoms with Crippen molar-refractivity contribution in [2.45, 2.75) is 65.6 Å². The average Bonchev–Trinajstić information content (AvgIpc) is 3.71. The van der Waals surface area contributed by atoms with Gasteiger partial charge in [0.15, 0.2) is 0 Å². The molecule has 2 atom stereocenters. The van der Waals surface area contributed by atoms with E-state index in [1.54, 1.807) is 0 Å². The van der Waals surface area contributed by atoms with E-state index >= 15 is 0 Å². The van der Waals surface area contributed by atoms with E-state index in [4.69, 9.17) is 14.2 Å². The largest absolute Gasteiger partial charge is 0.507 e. The Balaban J connectivity index is 0.000000248. The standard InChI is InChI=1S/C20H26O2.C6H10O3/c1-5-13-9-17(10-14(6-2)19(13)21)18-11-15(7-3)20(22)16(8-4)12-18;1(5-3-8-5)7-2-6-4-9-6/h9-12,21-22H,5-8H2,1-4H3;5-6H,1-4H2. The predicted molar refractivity (Wildman–Crippen MR) is 123 cm³/mol. The van der Waals surface area contributed by atoms with Crippen molar-refractivity contribution in [1.29, 1.82) is 0 Å². The fourth-order valence-corrected chi connectivity index (χ4v) is 3.59. The Bertz CT molecular complexity index is 747. The molecule has 0 amide bonds. The molecule has 2 aromatic rings. The molecule has 0 bridgehead atoms. The normalized spacial score (nSPS) is 19.0. The minimum atomic E-state index is 0.392. The van der Waals surface area contributed by atoms with Crippen LogP contribution in [0.3, 0.4) is 0 Å². The van der Waals surface area contributed by atoms with Crippen molar-refractivity contribution in [2.75, 3.05) is 26.4 Å². The highest BCUT2D eigenvalue weighted by atomic mass is 16.6. The molecule has 0 radical (unpaired) electrons. The van der Waals surface area contributed by atoms with Crippen LogP contribution in [0, 0.1) is 0 Å². The number of aromatic hydroxyl groups is 2. The van der Waals surface area contributed by atoms with E-state index in [0.717, 1.165) is 85.5 Å². The van der Waals surface area contributed by atoms with E-state index in [-0.39, 0.29) is 0 Å². The summed E-state index contributed by atoms with van der Waals surface area (Å²) in [6, 6.07) is 8.28. The van der Waals surface area contributed by atoms with Gasteiger partial charge in [0.25, 0.3) is 0 Å². The van der Waals surface area contributed by atoms with Gasteiger partial charge in [0, 0.05) is 0 Å². The summed E-state index contributed by atoms with van der Waals surface area (Å²) in [5.74, 6) is 0.859. The second-order valence-corrected chi connectivity index (χ2v) is 8.15. The average molecular weight is 429 g/mol. The van der Waals surface area contributed by atoms with Crippen molar-refractivity contribution in [3.63, 3.8) is 0 Å². The molecular weight excluding hydrogens is 392 g/mol. The number of phenols is 2. The third-order valence-electron chi connectivity index (χ3n) is 5.80. The van der Waals surface area contributed by atoms with Gasteiger partial charge in [-0.2, -0.15) is 0 Å². The van der Waals surface area contributed by atoms with Gasteiger partial charge in [-0.25, -0.2) is 0 Å². The van der Waals surface area contributed by atoms with Crippen LogP contribution in [0.4, 0.5) is 0 Å². The highest BCUT2D eigenvalue weighted by Crippen LogP contribution is 2.35. The number of rotatable bonds is 9. The molecule has 4 rings (SSSR count). The summed E-state index contributed by atoms with van der Waals surface area (Å²) in [7, 11) is 0. The van der Waals surface area contributed by atoms with Gasteiger partial charge >= 0.3 is 0 Å². The van der Waals surface area contributed by atoms with Gasteiger partial charge in [-0.15, -0.1) is 0 Å². The molecule has 0 aliphatic carbocycles. The molecule has 0 aromatic heterocycles. The summed E-state index contributed by atoms with van der Waals surface area (Å²) >= 11 is 0. The Morgan fingerprint density at radius 1 is 0.677 bits per heavy atom. The van der Waals surface area contributed by atoms with Crippen LogP contribution in [0.25, 0.3) is 11.1 Å². The van der Waals surface area contributed by atoms with Crippen LogP contribution >= 0.6 is 0 Å². The quantitative estimate of drug-likeness (QED) is 0.561. The second kappa shape index (κ2) is 11.0. The summed E-state index contributed by atoms with van der Waals surface area (Å²) in [6.07, 6.45) is 4.03. The summed E-state index contributed by atoms with van der Waals surface area (Å²) < 4.78 is 15.1. The molecule has 2 aliphatic rings. The first-order chi connectivity index (χ1) is 15.0. The summed E-state index contributed by atoms with van der Waals surface area (Å²) in [4.78, 5) is 0. The molecule has 2 aromatic carbocycles. The SMILES string of the molecule is C(OCC1CO1)C1CO1.CCc1cc(-c2cc(CC)c(O)c(CC)c2)cc(CC)c1O. The lowest BCUT2D eigenvalue weighted by atomic mass is 9.92. The van der Waals surface area contributed by atoms with E-state index in [1.807, 2.05) is 0 Å². The van der Waals surface area contributed by atoms with Crippen LogP contribution in [0.2, 0.25) is 0 Å². The van der Waals surface area contributed by atoms with E-state index in [2.05, 4.69) is 52.0 Å². The van der Waals surface area contributed by atoms with Crippen molar-refractivity contribution in [1.82, 2.24) is 0 Å². The van der Waals surface area contributed by atoms with Gasteiger partial charge in [0.05, 0.1) is 26.4 Å². The van der Waals surface area contributed by atoms with Crippen LogP contribution in [-0.4, -0.2) is 48.8 Å². The number of epoxide rings is 2. The lowest BCUT2D eigenvalue weighted by molar-refractivity contribution is 0.102. The summed E-state index contributed by atoms with van der Waals surface area (Å²) in [5.41, 5.74) is 6.18. The molecule has 0 saturated carbocycles. The predicted octanol–water partition coefficient (Wildman–Crippen LogP) is 4.82. The molecule has 0 spiro atoms. The molecule has 5 heteroatoms. The highest BCUT2D eigenvalue weighted by Gasteiger charge is 2.26. The van der Waals surface area contributed by atoms with Crippen molar-refractivity contribution < 1.29 is 24.4 Å². The number of benzene rings is 2. The minimum absolute atomic E-state index is 0.392. The third-order valence-corrected chi connectivity index (χ3v) is 5.80. The first kappa shape index (κ1) is 23.6. The van der Waals surface area contributed by atoms with Crippen LogP contribution in [0.5, 0.6) is 11.5 Å². The zero-order valence-electron chi connectivity index (χ0n) is 19.2. The summed E-state index contributed by atoms with van der Waals surface area (Å²) in [6.45, 7) is 11.5. The lowest BCUT2D eigenvalue weighted by Gasteiger charge is -2.14. The first-order valence-electron chi connectivity index (χ1n) is 11.5. The second-order valence-electron chi connectivity index (χ2n) is 8.15. The van der Waals surface area contributed by atoms with Crippen LogP contribution in [-0.2, 0) is 39.9 Å². The smallest absolute Gasteiger partial charge is 0.121 e. The molecule has 2 saturated heterocycles. The molecule has 31 heavy (non-hydrogen) atoms. The molecule has 170 valence electrons. The molecular formula is C26H36O5. The van der Waals surface area contributed by atoms with Gasteiger partial charge in [-0.3, -0.25) is 0 Å². The van der Waals surface area contributed by atoms with Gasteiger partial charge < -0.3 is 24.4 Å². The first-order valence-corrected chi connectivity index (χ1v) is 11.5. The zero-order valence-corrected chi connectivity index (χ0v) is 19.2. The van der Waals surface area contributed by atoms with Crippen LogP contribution in [0.1, 0.15) is 49.9 Å². The zero-order chi connectivity index (χ0) is 22.4. The van der Waals surface area contributed by atoms with Crippen LogP contribution < -0.4 is 0 Å². The van der Waals surface area contributed by atoms with Gasteiger partial charge in [-0.1, -0.05) is 27.7 Å². The maximum Gasteiger partial charge on any atom is 0.121 e. The number of phenolic OH excluding ortho intramolecular Hbond substituents is 2. The topological polar surface area (TPSA) is 74.8 Å². The molecule has 2 fully saturated rings. The van der Waals surface area contributed by atoms with E-state index in [0.29, 0.717) is 23.7 Å². The minimum Gasteiger partial charge on any atom is -0.507 e. The third kappa shape index (κ3) is 6.45. The molecule has 2 heterocycles. The fraction of sp³-hybridized carbons (Fsp3) is 0.538. The number of aryl methyl sites for hydroxylation is 4. The van der Waals surface area contributed by atoms with Gasteiger partial charge in [0.1, 0.15) is 23.7 Å². The maximum atomic E-state index is 10.3. The summed E-state index contributed by atoms with van der Waals surface area (Å²) in [5, 5.41) is 20.5. The van der Waals surface area contributed by atoms with Crippen molar-refractivity contribution >= 4 is 0 Å². The van der Waals surface area contributed by atoms with Gasteiger partial charge in [0.2, 0.25) is 0 Å². The van der Waals surface area contributed by atoms with Crippen molar-refractivity contribution in [3.05, 3.63) is 46.5 Å². The highest BCUT2D eigenvalue weighted by molar-refractivity contribution is 5.70.